The highest BCUT2D eigenvalue weighted by Gasteiger charge is 2.36. The predicted molar refractivity (Wildman–Crippen MR) is 125 cm³/mol. The molecule has 0 spiro atoms. The third-order valence-corrected chi connectivity index (χ3v) is 6.42. The van der Waals surface area contributed by atoms with Crippen LogP contribution in [0.4, 0.5) is 4.79 Å². The number of imide groups is 1. The molecular weight excluding hydrogens is 416 g/mol. The van der Waals surface area contributed by atoms with E-state index in [4.69, 9.17) is 11.6 Å². The van der Waals surface area contributed by atoms with Gasteiger partial charge < -0.3 is 4.57 Å². The lowest BCUT2D eigenvalue weighted by molar-refractivity contribution is -0.123. The zero-order valence-electron chi connectivity index (χ0n) is 17.2. The van der Waals surface area contributed by atoms with E-state index in [9.17, 15) is 9.59 Å². The first-order chi connectivity index (χ1) is 14.4. The second-order valence-electron chi connectivity index (χ2n) is 7.65. The number of aryl methyl sites for hydroxylation is 1. The largest absolute Gasteiger partial charge is 0.342 e. The minimum absolute atomic E-state index is 0.152. The third kappa shape index (κ3) is 3.80. The molecule has 3 aromatic rings. The molecule has 0 aliphatic carbocycles. The number of para-hydroxylation sites is 1. The zero-order chi connectivity index (χ0) is 21.4. The average Bonchev–Trinajstić information content (AvgIpc) is 3.20. The molecule has 0 atom stereocenters. The Kier molecular flexibility index (Phi) is 5.76. The van der Waals surface area contributed by atoms with Gasteiger partial charge in [0.05, 0.1) is 10.4 Å². The molecule has 1 saturated heterocycles. The van der Waals surface area contributed by atoms with Crippen molar-refractivity contribution in [2.45, 2.75) is 39.8 Å². The zero-order valence-corrected chi connectivity index (χ0v) is 18.8. The summed E-state index contributed by atoms with van der Waals surface area (Å²) >= 11 is 7.05. The highest BCUT2D eigenvalue weighted by atomic mass is 35.5. The first-order valence-electron chi connectivity index (χ1n) is 10.0. The number of benzene rings is 2. The molecule has 1 aliphatic heterocycles. The van der Waals surface area contributed by atoms with E-state index in [-0.39, 0.29) is 17.2 Å². The number of rotatable bonds is 5. The van der Waals surface area contributed by atoms with E-state index < -0.39 is 0 Å². The fourth-order valence-corrected chi connectivity index (χ4v) is 4.92. The van der Waals surface area contributed by atoms with Crippen LogP contribution in [-0.4, -0.2) is 26.7 Å². The van der Waals surface area contributed by atoms with Crippen molar-refractivity contribution in [3.63, 3.8) is 0 Å². The van der Waals surface area contributed by atoms with Crippen molar-refractivity contribution < 1.29 is 9.59 Å². The molecule has 4 nitrogen and oxygen atoms in total. The van der Waals surface area contributed by atoms with E-state index in [1.54, 1.807) is 0 Å². The van der Waals surface area contributed by atoms with Gasteiger partial charge in [-0.05, 0) is 61.4 Å². The summed E-state index contributed by atoms with van der Waals surface area (Å²) in [5.74, 6) is -0.217. The number of nitrogens with zero attached hydrogens (tertiary/aromatic N) is 2. The van der Waals surface area contributed by atoms with E-state index in [2.05, 4.69) is 29.8 Å². The van der Waals surface area contributed by atoms with Gasteiger partial charge in [-0.3, -0.25) is 14.5 Å². The monoisotopic (exact) mass is 438 g/mol. The van der Waals surface area contributed by atoms with Crippen molar-refractivity contribution in [2.24, 2.45) is 0 Å². The Morgan fingerprint density at radius 3 is 2.47 bits per heavy atom. The summed E-state index contributed by atoms with van der Waals surface area (Å²) in [5.41, 5.74) is 4.50. The van der Waals surface area contributed by atoms with Crippen molar-refractivity contribution >= 4 is 51.5 Å². The molecule has 1 aliphatic rings. The van der Waals surface area contributed by atoms with Crippen LogP contribution in [0.3, 0.4) is 0 Å². The fraction of sp³-hybridized carbons (Fsp3) is 0.250. The van der Waals surface area contributed by atoms with E-state index in [0.29, 0.717) is 16.5 Å². The first kappa shape index (κ1) is 20.8. The van der Waals surface area contributed by atoms with Gasteiger partial charge in [0.1, 0.15) is 0 Å². The van der Waals surface area contributed by atoms with Crippen LogP contribution in [0, 0.1) is 0 Å². The third-order valence-electron chi connectivity index (χ3n) is 5.29. The Labute approximate surface area is 185 Å². The van der Waals surface area contributed by atoms with E-state index in [1.165, 1.54) is 10.5 Å². The summed E-state index contributed by atoms with van der Waals surface area (Å²) in [6, 6.07) is 13.9. The molecule has 4 rings (SSSR count). The van der Waals surface area contributed by atoms with Crippen LogP contribution in [0.15, 0.2) is 53.6 Å². The minimum Gasteiger partial charge on any atom is -0.342 e. The van der Waals surface area contributed by atoms with Crippen molar-refractivity contribution in [1.29, 1.82) is 0 Å². The second kappa shape index (κ2) is 8.32. The number of carbonyl (C=O) groups is 2. The number of carbonyl (C=O) groups excluding carboxylic acids is 2. The normalized spacial score (nSPS) is 15.9. The van der Waals surface area contributed by atoms with Gasteiger partial charge in [0.15, 0.2) is 0 Å². The maximum absolute atomic E-state index is 12.7. The van der Waals surface area contributed by atoms with Gasteiger partial charge in [-0.15, -0.1) is 0 Å². The van der Waals surface area contributed by atoms with Crippen molar-refractivity contribution in [3.05, 3.63) is 75.3 Å². The highest BCUT2D eigenvalue weighted by molar-refractivity contribution is 8.18. The molecule has 30 heavy (non-hydrogen) atoms. The summed E-state index contributed by atoms with van der Waals surface area (Å²) in [4.78, 5) is 26.8. The molecule has 0 N–H and O–H groups in total. The quantitative estimate of drug-likeness (QED) is 0.436. The van der Waals surface area contributed by atoms with Gasteiger partial charge >= 0.3 is 0 Å². The summed E-state index contributed by atoms with van der Waals surface area (Å²) in [6.07, 6.45) is 4.83. The number of fused-ring (bicyclic) bond motifs is 1. The molecular formula is C24H23ClN2O2S. The number of hydrogen-bond donors (Lipinski definition) is 0. The Balaban J connectivity index is 1.80. The summed E-state index contributed by atoms with van der Waals surface area (Å²) in [7, 11) is 0. The molecule has 0 radical (unpaired) electrons. The van der Waals surface area contributed by atoms with Crippen LogP contribution in [0.1, 0.15) is 37.5 Å². The highest BCUT2D eigenvalue weighted by Crippen LogP contribution is 2.36. The van der Waals surface area contributed by atoms with Gasteiger partial charge in [-0.1, -0.05) is 48.9 Å². The van der Waals surface area contributed by atoms with E-state index in [0.717, 1.165) is 40.2 Å². The smallest absolute Gasteiger partial charge is 0.293 e. The Hall–Kier alpha value is -2.50. The number of amides is 2. The molecule has 2 aromatic carbocycles. The van der Waals surface area contributed by atoms with Crippen LogP contribution in [-0.2, 0) is 17.8 Å². The molecule has 0 saturated carbocycles. The van der Waals surface area contributed by atoms with E-state index >= 15 is 0 Å². The number of hydrogen-bond acceptors (Lipinski definition) is 3. The van der Waals surface area contributed by atoms with Gasteiger partial charge in [0.2, 0.25) is 0 Å². The van der Waals surface area contributed by atoms with Crippen molar-refractivity contribution in [3.8, 4) is 0 Å². The standard InChI is InChI=1S/C24H23ClN2O2S/c1-4-17-6-5-7-20-18(12-21-23(28)27(15(2)3)24(29)30-21)14-26(22(17)20)13-16-8-10-19(25)11-9-16/h5-12,14-15H,4,13H2,1-3H3/b21-12-. The van der Waals surface area contributed by atoms with Crippen LogP contribution < -0.4 is 0 Å². The summed E-state index contributed by atoms with van der Waals surface area (Å²) in [5, 5.41) is 1.59. The lowest BCUT2D eigenvalue weighted by atomic mass is 10.1. The number of thioether (sulfide) groups is 1. The van der Waals surface area contributed by atoms with Gasteiger partial charge in [0.25, 0.3) is 11.1 Å². The average molecular weight is 439 g/mol. The molecule has 0 bridgehead atoms. The van der Waals surface area contributed by atoms with Crippen molar-refractivity contribution in [1.82, 2.24) is 9.47 Å². The Morgan fingerprint density at radius 2 is 1.83 bits per heavy atom. The van der Waals surface area contributed by atoms with Gasteiger partial charge in [-0.2, -0.15) is 0 Å². The van der Waals surface area contributed by atoms with Crippen LogP contribution in [0.2, 0.25) is 5.02 Å². The molecule has 0 unspecified atom stereocenters. The fourth-order valence-electron chi connectivity index (χ4n) is 3.84. The summed E-state index contributed by atoms with van der Waals surface area (Å²) in [6.45, 7) is 6.55. The molecule has 1 fully saturated rings. The lowest BCUT2D eigenvalue weighted by Crippen LogP contribution is -2.34. The van der Waals surface area contributed by atoms with Crippen LogP contribution >= 0.6 is 23.4 Å². The molecule has 154 valence electrons. The molecule has 1 aromatic heterocycles. The Morgan fingerprint density at radius 1 is 1.10 bits per heavy atom. The van der Waals surface area contributed by atoms with Gasteiger partial charge in [-0.25, -0.2) is 0 Å². The molecule has 2 heterocycles. The lowest BCUT2D eigenvalue weighted by Gasteiger charge is -2.16. The van der Waals surface area contributed by atoms with E-state index in [1.807, 2.05) is 50.3 Å². The topological polar surface area (TPSA) is 42.3 Å². The SMILES string of the molecule is CCc1cccc2c(/C=C3\SC(=O)N(C(C)C)C3=O)cn(Cc3ccc(Cl)cc3)c12. The minimum atomic E-state index is -0.217. The number of aromatic nitrogens is 1. The maximum atomic E-state index is 12.7. The van der Waals surface area contributed by atoms with Crippen molar-refractivity contribution in [2.75, 3.05) is 0 Å². The van der Waals surface area contributed by atoms with Gasteiger partial charge in [0, 0.05) is 34.8 Å². The summed E-state index contributed by atoms with van der Waals surface area (Å²) < 4.78 is 2.22. The Bertz CT molecular complexity index is 1160. The molecule has 2 amide bonds. The maximum Gasteiger partial charge on any atom is 0.293 e. The van der Waals surface area contributed by atoms with Crippen LogP contribution in [0.25, 0.3) is 17.0 Å². The van der Waals surface area contributed by atoms with Crippen LogP contribution in [0.5, 0.6) is 0 Å². The number of halogens is 1. The second-order valence-corrected chi connectivity index (χ2v) is 9.08. The molecule has 6 heteroatoms. The predicted octanol–water partition coefficient (Wildman–Crippen LogP) is 6.35. The first-order valence-corrected chi connectivity index (χ1v) is 11.2.